The minimum atomic E-state index is -0.510. The van der Waals surface area contributed by atoms with Crippen LogP contribution in [0.25, 0.3) is 0 Å². The molecule has 0 aliphatic rings. The Morgan fingerprint density at radius 3 is 2.56 bits per heavy atom. The summed E-state index contributed by atoms with van der Waals surface area (Å²) in [6.07, 6.45) is 0. The summed E-state index contributed by atoms with van der Waals surface area (Å²) in [5.74, 6) is -0.586. The van der Waals surface area contributed by atoms with Gasteiger partial charge in [-0.1, -0.05) is 13.8 Å². The summed E-state index contributed by atoms with van der Waals surface area (Å²) in [4.78, 5) is 27.1. The molecule has 0 bridgehead atoms. The van der Waals surface area contributed by atoms with E-state index in [0.29, 0.717) is 0 Å². The lowest BCUT2D eigenvalue weighted by Crippen LogP contribution is -2.34. The summed E-state index contributed by atoms with van der Waals surface area (Å²) in [6, 6.07) is 3.29. The Hall–Kier alpha value is -2.11. The number of ether oxygens (including phenoxy) is 1. The first kappa shape index (κ1) is 14.0. The number of carbonyl (C=O) groups excluding carboxylic acids is 2. The van der Waals surface area contributed by atoms with Gasteiger partial charge in [-0.05, 0) is 19.1 Å². The fourth-order valence-electron chi connectivity index (χ4n) is 1.19. The average Bonchev–Trinajstić information content (AvgIpc) is 2.34. The highest BCUT2D eigenvalue weighted by atomic mass is 16.5. The molecule has 1 aromatic heterocycles. The van der Waals surface area contributed by atoms with Crippen molar-refractivity contribution in [3.63, 3.8) is 0 Å². The molecule has 1 heterocycles. The maximum Gasteiger partial charge on any atom is 0.341 e. The maximum atomic E-state index is 11.5. The van der Waals surface area contributed by atoms with Crippen molar-refractivity contribution < 1.29 is 14.3 Å². The summed E-state index contributed by atoms with van der Waals surface area (Å²) in [5.41, 5.74) is 6.12. The highest BCUT2D eigenvalue weighted by Crippen LogP contribution is 2.13. The SMILES string of the molecule is COC(=O)c1ccc(C)nc1NNC(=O)C(C)C. The first-order valence-electron chi connectivity index (χ1n) is 5.57. The van der Waals surface area contributed by atoms with Crippen molar-refractivity contribution in [1.82, 2.24) is 10.4 Å². The van der Waals surface area contributed by atoms with Gasteiger partial charge in [-0.25, -0.2) is 9.78 Å². The molecule has 6 heteroatoms. The second-order valence-corrected chi connectivity index (χ2v) is 4.11. The number of nitrogens with one attached hydrogen (secondary N) is 2. The van der Waals surface area contributed by atoms with Gasteiger partial charge < -0.3 is 4.74 Å². The lowest BCUT2D eigenvalue weighted by atomic mass is 10.2. The second-order valence-electron chi connectivity index (χ2n) is 4.11. The molecule has 1 rings (SSSR count). The van der Waals surface area contributed by atoms with Crippen molar-refractivity contribution in [2.45, 2.75) is 20.8 Å². The van der Waals surface area contributed by atoms with E-state index in [4.69, 9.17) is 0 Å². The van der Waals surface area contributed by atoms with Crippen LogP contribution in [0.15, 0.2) is 12.1 Å². The van der Waals surface area contributed by atoms with Gasteiger partial charge in [0.05, 0.1) is 7.11 Å². The Morgan fingerprint density at radius 1 is 1.33 bits per heavy atom. The molecule has 0 aliphatic carbocycles. The summed E-state index contributed by atoms with van der Waals surface area (Å²) >= 11 is 0. The minimum Gasteiger partial charge on any atom is -0.465 e. The Balaban J connectivity index is 2.89. The quantitative estimate of drug-likeness (QED) is 0.622. The van der Waals surface area contributed by atoms with E-state index in [1.54, 1.807) is 32.9 Å². The van der Waals surface area contributed by atoms with Gasteiger partial charge in [0, 0.05) is 11.6 Å². The number of nitrogens with zero attached hydrogens (tertiary/aromatic N) is 1. The zero-order valence-electron chi connectivity index (χ0n) is 10.9. The van der Waals surface area contributed by atoms with Crippen LogP contribution in [0.3, 0.4) is 0 Å². The third-order valence-electron chi connectivity index (χ3n) is 2.27. The van der Waals surface area contributed by atoms with Crippen LogP contribution >= 0.6 is 0 Å². The lowest BCUT2D eigenvalue weighted by Gasteiger charge is -2.12. The zero-order chi connectivity index (χ0) is 13.7. The van der Waals surface area contributed by atoms with Crippen molar-refractivity contribution in [1.29, 1.82) is 0 Å². The number of hydrogen-bond donors (Lipinski definition) is 2. The number of anilines is 1. The Bertz CT molecular complexity index is 458. The van der Waals surface area contributed by atoms with Gasteiger partial charge in [-0.3, -0.25) is 15.6 Å². The van der Waals surface area contributed by atoms with Crippen LogP contribution in [0.1, 0.15) is 29.9 Å². The van der Waals surface area contributed by atoms with Crippen LogP contribution in [-0.4, -0.2) is 24.0 Å². The first-order valence-corrected chi connectivity index (χ1v) is 5.57. The minimum absolute atomic E-state index is 0.163. The molecule has 0 saturated carbocycles. The van der Waals surface area contributed by atoms with Gasteiger partial charge in [-0.2, -0.15) is 0 Å². The molecule has 0 aliphatic heterocycles. The van der Waals surface area contributed by atoms with Crippen LogP contribution < -0.4 is 10.9 Å². The number of aromatic nitrogens is 1. The van der Waals surface area contributed by atoms with Gasteiger partial charge >= 0.3 is 5.97 Å². The second kappa shape index (κ2) is 6.00. The van der Waals surface area contributed by atoms with E-state index in [0.717, 1.165) is 5.69 Å². The number of rotatable bonds is 4. The Morgan fingerprint density at radius 2 is 2.00 bits per heavy atom. The molecule has 0 atom stereocenters. The van der Waals surface area contributed by atoms with Gasteiger partial charge in [0.2, 0.25) is 5.91 Å². The monoisotopic (exact) mass is 251 g/mol. The first-order chi connectivity index (χ1) is 8.45. The molecule has 98 valence electrons. The van der Waals surface area contributed by atoms with Crippen LogP contribution in [0.2, 0.25) is 0 Å². The number of esters is 1. The van der Waals surface area contributed by atoms with Gasteiger partial charge in [-0.15, -0.1) is 0 Å². The van der Waals surface area contributed by atoms with E-state index >= 15 is 0 Å². The lowest BCUT2D eigenvalue weighted by molar-refractivity contribution is -0.123. The Kier molecular flexibility index (Phi) is 4.65. The van der Waals surface area contributed by atoms with Crippen molar-refractivity contribution in [2.24, 2.45) is 5.92 Å². The molecule has 1 amide bonds. The summed E-state index contributed by atoms with van der Waals surface area (Å²) < 4.78 is 4.64. The predicted octanol–water partition coefficient (Wildman–Crippen LogP) is 1.28. The topological polar surface area (TPSA) is 80.3 Å². The standard InChI is InChI=1S/C12H17N3O3/c1-7(2)11(16)15-14-10-9(12(17)18-4)6-5-8(3)13-10/h5-7H,1-4H3,(H,13,14)(H,15,16). The van der Waals surface area contributed by atoms with E-state index in [9.17, 15) is 9.59 Å². The van der Waals surface area contributed by atoms with Crippen molar-refractivity contribution in [3.05, 3.63) is 23.4 Å². The van der Waals surface area contributed by atoms with Crippen molar-refractivity contribution in [2.75, 3.05) is 12.5 Å². The molecule has 0 aromatic carbocycles. The largest absolute Gasteiger partial charge is 0.465 e. The molecular formula is C12H17N3O3. The fourth-order valence-corrected chi connectivity index (χ4v) is 1.19. The number of aryl methyl sites for hydroxylation is 1. The average molecular weight is 251 g/mol. The molecule has 1 aromatic rings. The number of amides is 1. The third-order valence-corrected chi connectivity index (χ3v) is 2.27. The highest BCUT2D eigenvalue weighted by molar-refractivity contribution is 5.94. The summed E-state index contributed by atoms with van der Waals surface area (Å²) in [5, 5.41) is 0. The van der Waals surface area contributed by atoms with Crippen LogP contribution in [-0.2, 0) is 9.53 Å². The van der Waals surface area contributed by atoms with Crippen LogP contribution in [0.5, 0.6) is 0 Å². The normalized spacial score (nSPS) is 10.1. The van der Waals surface area contributed by atoms with Gasteiger partial charge in [0.15, 0.2) is 5.82 Å². The third kappa shape index (κ3) is 3.44. The molecule has 0 spiro atoms. The van der Waals surface area contributed by atoms with Gasteiger partial charge in [0.25, 0.3) is 0 Å². The van der Waals surface area contributed by atoms with Crippen LogP contribution in [0, 0.1) is 12.8 Å². The van der Waals surface area contributed by atoms with E-state index in [-0.39, 0.29) is 23.2 Å². The van der Waals surface area contributed by atoms with E-state index in [1.165, 1.54) is 7.11 Å². The molecule has 0 radical (unpaired) electrons. The summed E-state index contributed by atoms with van der Waals surface area (Å²) in [6.45, 7) is 5.32. The number of carbonyl (C=O) groups is 2. The van der Waals surface area contributed by atoms with Crippen molar-refractivity contribution >= 4 is 17.7 Å². The number of hydrogen-bond acceptors (Lipinski definition) is 5. The predicted molar refractivity (Wildman–Crippen MR) is 66.9 cm³/mol. The molecule has 0 fully saturated rings. The molecule has 0 unspecified atom stereocenters. The van der Waals surface area contributed by atoms with E-state index in [1.807, 2.05) is 0 Å². The molecule has 6 nitrogen and oxygen atoms in total. The number of pyridine rings is 1. The van der Waals surface area contributed by atoms with Gasteiger partial charge in [0.1, 0.15) is 5.56 Å². The molecule has 18 heavy (non-hydrogen) atoms. The smallest absolute Gasteiger partial charge is 0.341 e. The number of hydrazine groups is 1. The highest BCUT2D eigenvalue weighted by Gasteiger charge is 2.14. The summed E-state index contributed by atoms with van der Waals surface area (Å²) in [7, 11) is 1.29. The maximum absolute atomic E-state index is 11.5. The molecular weight excluding hydrogens is 234 g/mol. The van der Waals surface area contributed by atoms with Crippen LogP contribution in [0.4, 0.5) is 5.82 Å². The number of methoxy groups -OCH3 is 1. The molecule has 0 saturated heterocycles. The molecule has 2 N–H and O–H groups in total. The van der Waals surface area contributed by atoms with E-state index in [2.05, 4.69) is 20.6 Å². The fraction of sp³-hybridized carbons (Fsp3) is 0.417. The van der Waals surface area contributed by atoms with Crippen molar-refractivity contribution in [3.8, 4) is 0 Å². The van der Waals surface area contributed by atoms with E-state index < -0.39 is 5.97 Å². The Labute approximate surface area is 106 Å². The zero-order valence-corrected chi connectivity index (χ0v) is 10.9.